The van der Waals surface area contributed by atoms with Gasteiger partial charge in [0.05, 0.1) is 59.8 Å². The fourth-order valence-electron chi connectivity index (χ4n) is 4.29. The number of fused-ring (bicyclic) bond motifs is 1. The summed E-state index contributed by atoms with van der Waals surface area (Å²) < 4.78 is 38.7. The Morgan fingerprint density at radius 1 is 0.833 bits per heavy atom. The van der Waals surface area contributed by atoms with Gasteiger partial charge in [-0.1, -0.05) is 0 Å². The van der Waals surface area contributed by atoms with Gasteiger partial charge in [-0.05, 0) is 29.8 Å². The number of aromatic nitrogens is 2. The van der Waals surface area contributed by atoms with Crippen LogP contribution in [0.5, 0.6) is 40.4 Å². The number of nitriles is 1. The predicted molar refractivity (Wildman–Crippen MR) is 129 cm³/mol. The molecule has 0 spiro atoms. The van der Waals surface area contributed by atoms with Crippen molar-refractivity contribution < 1.29 is 33.2 Å². The standard InChI is InChI=1S/C25H26N4O7/c1-30-15-7-12(8-16(31-2)22(15)34-5)19-14(11-26)24(27)36-25-20(19)21(28-29-25)13-9-17(32-3)23(35-6)18(10-13)33-4/h7-10,19H,27H2,1-6H3,(H,28,29)/t19-/m1/s1. The highest BCUT2D eigenvalue weighted by Gasteiger charge is 2.37. The second-order valence-electron chi connectivity index (χ2n) is 7.61. The summed E-state index contributed by atoms with van der Waals surface area (Å²) in [5, 5.41) is 17.4. The summed E-state index contributed by atoms with van der Waals surface area (Å²) in [5.74, 6) is 2.13. The number of nitrogens with one attached hydrogen (secondary N) is 1. The van der Waals surface area contributed by atoms with Crippen LogP contribution in [0, 0.1) is 11.3 Å². The molecule has 1 aromatic heterocycles. The van der Waals surface area contributed by atoms with Gasteiger partial charge in [0.1, 0.15) is 11.6 Å². The summed E-state index contributed by atoms with van der Waals surface area (Å²) in [6.07, 6.45) is 0. The van der Waals surface area contributed by atoms with Gasteiger partial charge in [-0.3, -0.25) is 5.10 Å². The third kappa shape index (κ3) is 3.82. The van der Waals surface area contributed by atoms with Gasteiger partial charge in [0, 0.05) is 5.56 Å². The number of nitrogens with two attached hydrogens (primary N) is 1. The largest absolute Gasteiger partial charge is 0.493 e. The Hall–Kier alpha value is -4.72. The van der Waals surface area contributed by atoms with E-state index < -0.39 is 5.92 Å². The lowest BCUT2D eigenvalue weighted by Gasteiger charge is -2.25. The molecule has 1 aliphatic heterocycles. The minimum atomic E-state index is -0.666. The zero-order valence-electron chi connectivity index (χ0n) is 20.7. The fourth-order valence-corrected chi connectivity index (χ4v) is 4.29. The van der Waals surface area contributed by atoms with Crippen LogP contribution in [0.15, 0.2) is 35.7 Å². The van der Waals surface area contributed by atoms with Crippen molar-refractivity contribution in [2.24, 2.45) is 5.73 Å². The molecule has 11 nitrogen and oxygen atoms in total. The maximum Gasteiger partial charge on any atom is 0.244 e. The van der Waals surface area contributed by atoms with Crippen LogP contribution in [0.25, 0.3) is 11.3 Å². The third-order valence-corrected chi connectivity index (χ3v) is 5.91. The molecular formula is C25H26N4O7. The molecule has 0 saturated heterocycles. The monoisotopic (exact) mass is 494 g/mol. The average molecular weight is 495 g/mol. The van der Waals surface area contributed by atoms with Crippen molar-refractivity contribution in [2.45, 2.75) is 5.92 Å². The van der Waals surface area contributed by atoms with Crippen LogP contribution < -0.4 is 38.9 Å². The second kappa shape index (κ2) is 9.87. The molecule has 1 atom stereocenters. The van der Waals surface area contributed by atoms with Crippen LogP contribution in [-0.4, -0.2) is 52.9 Å². The highest BCUT2D eigenvalue weighted by molar-refractivity contribution is 5.75. The molecule has 3 N–H and O–H groups in total. The summed E-state index contributed by atoms with van der Waals surface area (Å²) >= 11 is 0. The van der Waals surface area contributed by atoms with Crippen molar-refractivity contribution >= 4 is 0 Å². The number of aromatic amines is 1. The number of nitrogens with zero attached hydrogens (tertiary/aromatic N) is 2. The molecule has 0 fully saturated rings. The Kier molecular flexibility index (Phi) is 6.69. The summed E-state index contributed by atoms with van der Waals surface area (Å²) in [6.45, 7) is 0. The zero-order chi connectivity index (χ0) is 26.0. The first kappa shape index (κ1) is 24.4. The number of rotatable bonds is 8. The van der Waals surface area contributed by atoms with E-state index in [4.69, 9.17) is 38.9 Å². The molecule has 2 aromatic carbocycles. The molecule has 0 unspecified atom stereocenters. The van der Waals surface area contributed by atoms with Crippen molar-refractivity contribution in [1.29, 1.82) is 5.26 Å². The van der Waals surface area contributed by atoms with Crippen molar-refractivity contribution in [3.05, 3.63) is 46.8 Å². The van der Waals surface area contributed by atoms with Crippen molar-refractivity contribution in [3.63, 3.8) is 0 Å². The van der Waals surface area contributed by atoms with E-state index in [0.29, 0.717) is 56.9 Å². The highest BCUT2D eigenvalue weighted by atomic mass is 16.5. The van der Waals surface area contributed by atoms with Crippen molar-refractivity contribution in [1.82, 2.24) is 10.2 Å². The number of allylic oxidation sites excluding steroid dienone is 1. The van der Waals surface area contributed by atoms with E-state index in [1.54, 1.807) is 24.3 Å². The summed E-state index contributed by atoms with van der Waals surface area (Å²) in [7, 11) is 9.14. The highest BCUT2D eigenvalue weighted by Crippen LogP contribution is 2.50. The Labute approximate surface area is 207 Å². The van der Waals surface area contributed by atoms with Gasteiger partial charge in [-0.15, -0.1) is 5.10 Å². The van der Waals surface area contributed by atoms with E-state index in [9.17, 15) is 5.26 Å². The fraction of sp³-hybridized carbons (Fsp3) is 0.280. The lowest BCUT2D eigenvalue weighted by atomic mass is 9.82. The summed E-state index contributed by atoms with van der Waals surface area (Å²) in [6, 6.07) is 9.25. The third-order valence-electron chi connectivity index (χ3n) is 5.91. The number of benzene rings is 2. The predicted octanol–water partition coefficient (Wildman–Crippen LogP) is 3.35. The van der Waals surface area contributed by atoms with Crippen molar-refractivity contribution in [3.8, 4) is 57.7 Å². The second-order valence-corrected chi connectivity index (χ2v) is 7.61. The normalized spacial score (nSPS) is 14.3. The van der Waals surface area contributed by atoms with E-state index >= 15 is 0 Å². The van der Waals surface area contributed by atoms with Crippen molar-refractivity contribution in [2.75, 3.05) is 42.7 Å². The number of hydrogen-bond donors (Lipinski definition) is 2. The van der Waals surface area contributed by atoms with Gasteiger partial charge >= 0.3 is 0 Å². The minimum absolute atomic E-state index is 0.0494. The zero-order valence-corrected chi connectivity index (χ0v) is 20.7. The SMILES string of the molecule is COc1cc(-c2[nH]nc3c2[C@H](c2cc(OC)c(OC)c(OC)c2)C(C#N)=C(N)O3)cc(OC)c1OC. The minimum Gasteiger partial charge on any atom is -0.493 e. The lowest BCUT2D eigenvalue weighted by molar-refractivity contribution is 0.323. The Balaban J connectivity index is 2.00. The van der Waals surface area contributed by atoms with Gasteiger partial charge in [0.25, 0.3) is 0 Å². The number of hydrogen-bond acceptors (Lipinski definition) is 10. The average Bonchev–Trinajstić information content (AvgIpc) is 3.33. The quantitative estimate of drug-likeness (QED) is 0.478. The lowest BCUT2D eigenvalue weighted by Crippen LogP contribution is -2.21. The number of ether oxygens (including phenoxy) is 7. The number of methoxy groups -OCH3 is 6. The van der Waals surface area contributed by atoms with Gasteiger partial charge in [0.2, 0.25) is 23.3 Å². The van der Waals surface area contributed by atoms with Crippen LogP contribution in [0.4, 0.5) is 0 Å². The van der Waals surface area contributed by atoms with Gasteiger partial charge < -0.3 is 38.9 Å². The van der Waals surface area contributed by atoms with Gasteiger partial charge in [-0.25, -0.2) is 0 Å². The Morgan fingerprint density at radius 2 is 1.33 bits per heavy atom. The molecule has 0 radical (unpaired) electrons. The molecule has 3 aromatic rings. The summed E-state index contributed by atoms with van der Waals surface area (Å²) in [5.41, 5.74) is 8.82. The van der Waals surface area contributed by atoms with Crippen LogP contribution in [0.3, 0.4) is 0 Å². The van der Waals surface area contributed by atoms with Gasteiger partial charge in [-0.2, -0.15) is 5.26 Å². The van der Waals surface area contributed by atoms with E-state index in [1.807, 2.05) is 0 Å². The van der Waals surface area contributed by atoms with E-state index in [0.717, 1.165) is 0 Å². The molecule has 1 aliphatic rings. The molecule has 4 rings (SSSR count). The van der Waals surface area contributed by atoms with E-state index in [-0.39, 0.29) is 17.3 Å². The molecule has 0 amide bonds. The topological polar surface area (TPSA) is 143 Å². The first-order valence-electron chi connectivity index (χ1n) is 10.7. The van der Waals surface area contributed by atoms with Crippen LogP contribution in [-0.2, 0) is 0 Å². The molecule has 11 heteroatoms. The molecule has 36 heavy (non-hydrogen) atoms. The molecular weight excluding hydrogens is 468 g/mol. The first-order chi connectivity index (χ1) is 17.5. The first-order valence-corrected chi connectivity index (χ1v) is 10.7. The molecule has 188 valence electrons. The number of H-pyrrole nitrogens is 1. The molecule has 0 aliphatic carbocycles. The Morgan fingerprint density at radius 3 is 1.78 bits per heavy atom. The van der Waals surface area contributed by atoms with Crippen LogP contribution in [0.2, 0.25) is 0 Å². The molecule has 0 saturated carbocycles. The van der Waals surface area contributed by atoms with E-state index in [1.165, 1.54) is 42.7 Å². The van der Waals surface area contributed by atoms with Crippen LogP contribution >= 0.6 is 0 Å². The van der Waals surface area contributed by atoms with Crippen LogP contribution in [0.1, 0.15) is 17.0 Å². The van der Waals surface area contributed by atoms with E-state index in [2.05, 4.69) is 16.3 Å². The smallest absolute Gasteiger partial charge is 0.244 e. The maximum absolute atomic E-state index is 10.1. The summed E-state index contributed by atoms with van der Waals surface area (Å²) in [4.78, 5) is 0. The Bertz CT molecular complexity index is 1320. The van der Waals surface area contributed by atoms with Gasteiger partial charge in [0.15, 0.2) is 23.0 Å². The maximum atomic E-state index is 10.1. The molecule has 2 heterocycles. The molecule has 0 bridgehead atoms.